The Kier molecular flexibility index (Phi) is 6.94. The summed E-state index contributed by atoms with van der Waals surface area (Å²) < 4.78 is 31.6. The van der Waals surface area contributed by atoms with Crippen LogP contribution >= 0.6 is 0 Å². The van der Waals surface area contributed by atoms with Crippen LogP contribution in [0.5, 0.6) is 0 Å². The second-order valence-electron chi connectivity index (χ2n) is 2.75. The molecule has 0 rings (SSSR count). The monoisotopic (exact) mass is 232 g/mol. The maximum atomic E-state index is 11.2. The van der Waals surface area contributed by atoms with E-state index in [2.05, 4.69) is 23.9 Å². The van der Waals surface area contributed by atoms with Crippen molar-refractivity contribution in [3.63, 3.8) is 0 Å². The summed E-state index contributed by atoms with van der Waals surface area (Å²) in [5.41, 5.74) is 0. The van der Waals surface area contributed by atoms with E-state index in [1.165, 1.54) is 6.08 Å². The molecule has 0 amide bonds. The topological polar surface area (TPSA) is 52.6 Å². The third-order valence-corrected chi connectivity index (χ3v) is 2.38. The Morgan fingerprint density at radius 1 is 1.07 bits per heavy atom. The highest BCUT2D eigenvalue weighted by Crippen LogP contribution is 2.10. The van der Waals surface area contributed by atoms with Gasteiger partial charge in [-0.05, 0) is 12.8 Å². The van der Waals surface area contributed by atoms with Crippen molar-refractivity contribution in [2.75, 3.05) is 6.61 Å². The molecule has 86 valence electrons. The van der Waals surface area contributed by atoms with E-state index in [0.717, 1.165) is 0 Å². The van der Waals surface area contributed by atoms with Gasteiger partial charge in [0, 0.05) is 0 Å². The lowest BCUT2D eigenvalue weighted by Crippen LogP contribution is -2.19. The van der Waals surface area contributed by atoms with Gasteiger partial charge >= 0.3 is 10.4 Å². The van der Waals surface area contributed by atoms with Crippen molar-refractivity contribution in [1.82, 2.24) is 0 Å². The number of hydrogen-bond acceptors (Lipinski definition) is 4. The lowest BCUT2D eigenvalue weighted by Gasteiger charge is -2.13. The highest BCUT2D eigenvalue weighted by Gasteiger charge is 2.17. The molecular formula is C10H16O4S. The molecule has 0 aromatic carbocycles. The molecule has 0 radical (unpaired) electrons. The van der Waals surface area contributed by atoms with Gasteiger partial charge in [0.2, 0.25) is 0 Å². The maximum Gasteiger partial charge on any atom is 0.400 e. The molecule has 0 saturated carbocycles. The standard InChI is InChI=1S/C10H16O4S/c1-4-7-10(8-5-2)14-15(11,12)13-9-6-3/h4-6,10H,1-3,7-9H2. The van der Waals surface area contributed by atoms with Crippen molar-refractivity contribution in [3.8, 4) is 0 Å². The molecule has 0 saturated heterocycles. The lowest BCUT2D eigenvalue weighted by molar-refractivity contribution is 0.167. The molecule has 0 unspecified atom stereocenters. The molecule has 0 atom stereocenters. The van der Waals surface area contributed by atoms with E-state index < -0.39 is 16.5 Å². The van der Waals surface area contributed by atoms with Crippen LogP contribution in [-0.4, -0.2) is 21.1 Å². The summed E-state index contributed by atoms with van der Waals surface area (Å²) in [6.07, 6.45) is 4.83. The van der Waals surface area contributed by atoms with Crippen molar-refractivity contribution < 1.29 is 16.8 Å². The minimum atomic E-state index is -3.95. The predicted octanol–water partition coefficient (Wildman–Crippen LogP) is 1.97. The number of hydrogen-bond donors (Lipinski definition) is 0. The van der Waals surface area contributed by atoms with Crippen LogP contribution in [0.25, 0.3) is 0 Å². The van der Waals surface area contributed by atoms with Gasteiger partial charge in [0.25, 0.3) is 0 Å². The normalized spacial score (nSPS) is 11.3. The molecular weight excluding hydrogens is 216 g/mol. The summed E-state index contributed by atoms with van der Waals surface area (Å²) in [4.78, 5) is 0. The Labute approximate surface area is 91.2 Å². The Morgan fingerprint density at radius 3 is 2.00 bits per heavy atom. The van der Waals surface area contributed by atoms with Gasteiger partial charge in [-0.25, -0.2) is 8.37 Å². The molecule has 0 fully saturated rings. The maximum absolute atomic E-state index is 11.2. The third kappa shape index (κ3) is 7.07. The molecule has 0 heterocycles. The first-order chi connectivity index (χ1) is 7.05. The van der Waals surface area contributed by atoms with Crippen LogP contribution in [0.15, 0.2) is 38.0 Å². The van der Waals surface area contributed by atoms with Crippen molar-refractivity contribution in [1.29, 1.82) is 0 Å². The molecule has 0 N–H and O–H groups in total. The summed E-state index contributed by atoms with van der Waals surface area (Å²) in [5, 5.41) is 0. The molecule has 0 aromatic heterocycles. The van der Waals surface area contributed by atoms with E-state index >= 15 is 0 Å². The van der Waals surface area contributed by atoms with E-state index in [9.17, 15) is 8.42 Å². The van der Waals surface area contributed by atoms with Gasteiger partial charge in [-0.15, -0.1) is 19.7 Å². The molecule has 0 aromatic rings. The number of rotatable bonds is 9. The summed E-state index contributed by atoms with van der Waals surface area (Å²) in [7, 11) is -3.95. The Morgan fingerprint density at radius 2 is 1.60 bits per heavy atom. The van der Waals surface area contributed by atoms with Crippen LogP contribution in [0.1, 0.15) is 12.8 Å². The average molecular weight is 232 g/mol. The fraction of sp³-hybridized carbons (Fsp3) is 0.400. The van der Waals surface area contributed by atoms with Gasteiger partial charge in [0.15, 0.2) is 0 Å². The van der Waals surface area contributed by atoms with Gasteiger partial charge in [0.1, 0.15) is 0 Å². The van der Waals surface area contributed by atoms with Gasteiger partial charge < -0.3 is 0 Å². The fourth-order valence-electron chi connectivity index (χ4n) is 0.872. The van der Waals surface area contributed by atoms with Crippen molar-refractivity contribution in [3.05, 3.63) is 38.0 Å². The Bertz CT molecular complexity index is 295. The molecule has 5 heteroatoms. The van der Waals surface area contributed by atoms with Crippen LogP contribution in [0, 0.1) is 0 Å². The smallest absolute Gasteiger partial charge is 0.244 e. The van der Waals surface area contributed by atoms with Crippen LogP contribution in [0.3, 0.4) is 0 Å². The van der Waals surface area contributed by atoms with E-state index in [4.69, 9.17) is 4.18 Å². The largest absolute Gasteiger partial charge is 0.400 e. The van der Waals surface area contributed by atoms with Crippen LogP contribution in [0.4, 0.5) is 0 Å². The second kappa shape index (κ2) is 7.39. The molecule has 0 aliphatic rings. The molecule has 0 bridgehead atoms. The first kappa shape index (κ1) is 14.1. The Balaban J connectivity index is 4.29. The highest BCUT2D eigenvalue weighted by molar-refractivity contribution is 7.81. The quantitative estimate of drug-likeness (QED) is 0.570. The van der Waals surface area contributed by atoms with E-state index in [1.54, 1.807) is 12.2 Å². The summed E-state index contributed by atoms with van der Waals surface area (Å²) >= 11 is 0. The third-order valence-electron chi connectivity index (χ3n) is 1.44. The zero-order valence-corrected chi connectivity index (χ0v) is 9.41. The minimum Gasteiger partial charge on any atom is -0.244 e. The van der Waals surface area contributed by atoms with Gasteiger partial charge in [-0.3, -0.25) is 0 Å². The van der Waals surface area contributed by atoms with Gasteiger partial charge in [-0.1, -0.05) is 18.2 Å². The molecule has 0 aliphatic heterocycles. The van der Waals surface area contributed by atoms with E-state index in [0.29, 0.717) is 12.8 Å². The zero-order chi connectivity index (χ0) is 11.7. The van der Waals surface area contributed by atoms with Crippen LogP contribution in [0.2, 0.25) is 0 Å². The SMILES string of the molecule is C=CCOS(=O)(=O)OC(CC=C)CC=C. The zero-order valence-electron chi connectivity index (χ0n) is 8.59. The summed E-state index contributed by atoms with van der Waals surface area (Å²) in [5.74, 6) is 0. The molecule has 4 nitrogen and oxygen atoms in total. The van der Waals surface area contributed by atoms with Crippen LogP contribution < -0.4 is 0 Å². The molecule has 0 aliphatic carbocycles. The second-order valence-corrected chi connectivity index (χ2v) is 3.99. The molecule has 0 spiro atoms. The van der Waals surface area contributed by atoms with Crippen molar-refractivity contribution >= 4 is 10.4 Å². The predicted molar refractivity (Wildman–Crippen MR) is 59.6 cm³/mol. The minimum absolute atomic E-state index is 0.1000. The fourth-order valence-corrected chi connectivity index (χ4v) is 1.68. The van der Waals surface area contributed by atoms with E-state index in [1.807, 2.05) is 0 Å². The summed E-state index contributed by atoms with van der Waals surface area (Å²) in [6.45, 7) is 10.3. The highest BCUT2D eigenvalue weighted by atomic mass is 32.3. The Hall–Kier alpha value is -0.910. The van der Waals surface area contributed by atoms with E-state index in [-0.39, 0.29) is 6.61 Å². The average Bonchev–Trinajstić information content (AvgIpc) is 2.15. The first-order valence-electron chi connectivity index (χ1n) is 4.46. The van der Waals surface area contributed by atoms with Crippen molar-refractivity contribution in [2.45, 2.75) is 18.9 Å². The first-order valence-corrected chi connectivity index (χ1v) is 5.79. The lowest BCUT2D eigenvalue weighted by atomic mass is 10.2. The van der Waals surface area contributed by atoms with Crippen LogP contribution in [-0.2, 0) is 18.8 Å². The summed E-state index contributed by atoms with van der Waals surface area (Å²) in [6, 6.07) is 0. The molecule has 15 heavy (non-hydrogen) atoms. The van der Waals surface area contributed by atoms with Crippen molar-refractivity contribution in [2.24, 2.45) is 0 Å². The van der Waals surface area contributed by atoms with Gasteiger partial charge in [-0.2, -0.15) is 8.42 Å². The van der Waals surface area contributed by atoms with Gasteiger partial charge in [0.05, 0.1) is 12.7 Å².